The second kappa shape index (κ2) is 9.38. The lowest BCUT2D eigenvalue weighted by molar-refractivity contribution is -0.119. The van der Waals surface area contributed by atoms with Crippen molar-refractivity contribution in [1.82, 2.24) is 4.31 Å². The highest BCUT2D eigenvalue weighted by atomic mass is 32.2. The highest BCUT2D eigenvalue weighted by molar-refractivity contribution is 7.89. The molecule has 1 amide bonds. The molecule has 0 aromatic heterocycles. The van der Waals surface area contributed by atoms with Gasteiger partial charge in [0.1, 0.15) is 0 Å². The van der Waals surface area contributed by atoms with E-state index in [0.717, 1.165) is 11.1 Å². The average molecular weight is 432 g/mol. The van der Waals surface area contributed by atoms with E-state index in [1.54, 1.807) is 6.07 Å². The molecule has 1 heterocycles. The van der Waals surface area contributed by atoms with Crippen molar-refractivity contribution < 1.29 is 27.5 Å². The van der Waals surface area contributed by atoms with Crippen LogP contribution in [0.4, 0.5) is 5.69 Å². The van der Waals surface area contributed by atoms with Gasteiger partial charge < -0.3 is 14.8 Å². The van der Waals surface area contributed by atoms with Gasteiger partial charge in [0.2, 0.25) is 10.0 Å². The molecule has 0 atom stereocenters. The molecule has 9 heteroatoms. The number of morpholine rings is 1. The first-order chi connectivity index (χ1) is 14.3. The lowest BCUT2D eigenvalue weighted by Crippen LogP contribution is -2.40. The minimum atomic E-state index is -3.73. The standard InChI is InChI=1S/C21H24N2O6S/c1-15-6-7-18(12-16(15)2)22-20(24)14-29-21(25)17-4-3-5-19(13-17)30(26,27)23-8-10-28-11-9-23/h3-7,12-13H,8-11,14H2,1-2H3,(H,22,24). The Morgan fingerprint density at radius 2 is 1.80 bits per heavy atom. The quantitative estimate of drug-likeness (QED) is 0.702. The zero-order valence-electron chi connectivity index (χ0n) is 16.9. The molecule has 1 fully saturated rings. The maximum absolute atomic E-state index is 12.7. The molecular formula is C21H24N2O6S. The van der Waals surface area contributed by atoms with Crippen LogP contribution < -0.4 is 5.32 Å². The molecule has 2 aromatic carbocycles. The highest BCUT2D eigenvalue weighted by Crippen LogP contribution is 2.19. The topological polar surface area (TPSA) is 102 Å². The smallest absolute Gasteiger partial charge is 0.338 e. The predicted molar refractivity (Wildman–Crippen MR) is 111 cm³/mol. The van der Waals surface area contributed by atoms with Gasteiger partial charge in [0.25, 0.3) is 5.91 Å². The van der Waals surface area contributed by atoms with Crippen molar-refractivity contribution >= 4 is 27.6 Å². The van der Waals surface area contributed by atoms with Crippen molar-refractivity contribution in [3.63, 3.8) is 0 Å². The van der Waals surface area contributed by atoms with Crippen molar-refractivity contribution in [3.8, 4) is 0 Å². The molecule has 2 aromatic rings. The number of sulfonamides is 1. The second-order valence-corrected chi connectivity index (χ2v) is 8.91. The lowest BCUT2D eigenvalue weighted by atomic mass is 10.1. The lowest BCUT2D eigenvalue weighted by Gasteiger charge is -2.26. The number of ether oxygens (including phenoxy) is 2. The number of carbonyl (C=O) groups is 2. The monoisotopic (exact) mass is 432 g/mol. The number of hydrogen-bond acceptors (Lipinski definition) is 6. The molecule has 1 N–H and O–H groups in total. The Labute approximate surface area is 175 Å². The summed E-state index contributed by atoms with van der Waals surface area (Å²) in [5.41, 5.74) is 2.80. The molecule has 0 spiro atoms. The van der Waals surface area contributed by atoms with Crippen molar-refractivity contribution in [2.75, 3.05) is 38.2 Å². The molecule has 1 aliphatic heterocycles. The summed E-state index contributed by atoms with van der Waals surface area (Å²) in [6, 6.07) is 11.1. The van der Waals surface area contributed by atoms with Crippen LogP contribution in [0.15, 0.2) is 47.4 Å². The van der Waals surface area contributed by atoms with Gasteiger partial charge in [0, 0.05) is 18.8 Å². The number of carbonyl (C=O) groups excluding carboxylic acids is 2. The van der Waals surface area contributed by atoms with Crippen molar-refractivity contribution in [2.24, 2.45) is 0 Å². The second-order valence-electron chi connectivity index (χ2n) is 6.97. The summed E-state index contributed by atoms with van der Waals surface area (Å²) >= 11 is 0. The zero-order chi connectivity index (χ0) is 21.7. The minimum absolute atomic E-state index is 0.00145. The molecule has 8 nitrogen and oxygen atoms in total. The zero-order valence-corrected chi connectivity index (χ0v) is 17.7. The van der Waals surface area contributed by atoms with Crippen molar-refractivity contribution in [2.45, 2.75) is 18.7 Å². The Bertz CT molecular complexity index is 1050. The Hall–Kier alpha value is -2.75. The summed E-state index contributed by atoms with van der Waals surface area (Å²) in [5.74, 6) is -1.26. The predicted octanol–water partition coefficient (Wildman–Crippen LogP) is 2.12. The van der Waals surface area contributed by atoms with Crippen LogP contribution in [0.2, 0.25) is 0 Å². The van der Waals surface area contributed by atoms with E-state index < -0.39 is 28.5 Å². The first kappa shape index (κ1) is 21.9. The van der Waals surface area contributed by atoms with Gasteiger partial charge in [-0.1, -0.05) is 12.1 Å². The molecule has 1 saturated heterocycles. The summed E-state index contributed by atoms with van der Waals surface area (Å²) in [7, 11) is -3.73. The van der Waals surface area contributed by atoms with Crippen LogP contribution >= 0.6 is 0 Å². The summed E-state index contributed by atoms with van der Waals surface area (Å²) in [6.07, 6.45) is 0. The summed E-state index contributed by atoms with van der Waals surface area (Å²) in [4.78, 5) is 24.4. The third-order valence-electron chi connectivity index (χ3n) is 4.80. The Morgan fingerprint density at radius 1 is 1.07 bits per heavy atom. The third kappa shape index (κ3) is 5.24. The summed E-state index contributed by atoms with van der Waals surface area (Å²) in [5, 5.41) is 2.66. The van der Waals surface area contributed by atoms with Crippen LogP contribution in [0.1, 0.15) is 21.5 Å². The molecule has 30 heavy (non-hydrogen) atoms. The van der Waals surface area contributed by atoms with Crippen molar-refractivity contribution in [1.29, 1.82) is 0 Å². The fourth-order valence-corrected chi connectivity index (χ4v) is 4.40. The molecule has 3 rings (SSSR count). The minimum Gasteiger partial charge on any atom is -0.452 e. The van der Waals surface area contributed by atoms with Crippen LogP contribution in [-0.2, 0) is 24.3 Å². The average Bonchev–Trinajstić information content (AvgIpc) is 2.75. The summed E-state index contributed by atoms with van der Waals surface area (Å²) < 4.78 is 37.0. The van der Waals surface area contributed by atoms with E-state index in [2.05, 4.69) is 5.32 Å². The maximum Gasteiger partial charge on any atom is 0.338 e. The van der Waals surface area contributed by atoms with Gasteiger partial charge in [-0.2, -0.15) is 4.31 Å². The van der Waals surface area contributed by atoms with Gasteiger partial charge in [-0.15, -0.1) is 0 Å². The van der Waals surface area contributed by atoms with Gasteiger partial charge in [0.15, 0.2) is 6.61 Å². The van der Waals surface area contributed by atoms with E-state index in [1.807, 2.05) is 26.0 Å². The van der Waals surface area contributed by atoms with Crippen LogP contribution in [0, 0.1) is 13.8 Å². The number of nitrogens with zero attached hydrogens (tertiary/aromatic N) is 1. The largest absolute Gasteiger partial charge is 0.452 e. The first-order valence-corrected chi connectivity index (χ1v) is 10.9. The van der Waals surface area contributed by atoms with E-state index in [4.69, 9.17) is 9.47 Å². The van der Waals surface area contributed by atoms with Crippen LogP contribution in [0.3, 0.4) is 0 Å². The van der Waals surface area contributed by atoms with E-state index >= 15 is 0 Å². The van der Waals surface area contributed by atoms with E-state index in [9.17, 15) is 18.0 Å². The fraction of sp³-hybridized carbons (Fsp3) is 0.333. The van der Waals surface area contributed by atoms with Crippen LogP contribution in [0.5, 0.6) is 0 Å². The Morgan fingerprint density at radius 3 is 2.50 bits per heavy atom. The van der Waals surface area contributed by atoms with Crippen LogP contribution in [-0.4, -0.2) is 57.5 Å². The third-order valence-corrected chi connectivity index (χ3v) is 6.70. The van der Waals surface area contributed by atoms with E-state index in [1.165, 1.54) is 28.6 Å². The first-order valence-electron chi connectivity index (χ1n) is 9.49. The van der Waals surface area contributed by atoms with Gasteiger partial charge in [-0.25, -0.2) is 13.2 Å². The number of esters is 1. The van der Waals surface area contributed by atoms with Crippen molar-refractivity contribution in [3.05, 3.63) is 59.2 Å². The van der Waals surface area contributed by atoms with Gasteiger partial charge >= 0.3 is 5.97 Å². The normalized spacial score (nSPS) is 14.9. The van der Waals surface area contributed by atoms with Gasteiger partial charge in [-0.3, -0.25) is 4.79 Å². The van der Waals surface area contributed by atoms with E-state index in [-0.39, 0.29) is 23.5 Å². The molecule has 0 aliphatic carbocycles. The number of anilines is 1. The molecule has 0 bridgehead atoms. The number of hydrogen-bond donors (Lipinski definition) is 1. The number of rotatable bonds is 6. The number of nitrogens with one attached hydrogen (secondary N) is 1. The summed E-state index contributed by atoms with van der Waals surface area (Å²) in [6.45, 7) is 4.60. The Kier molecular flexibility index (Phi) is 6.86. The van der Waals surface area contributed by atoms with Crippen LogP contribution in [0.25, 0.3) is 0 Å². The molecule has 0 radical (unpaired) electrons. The highest BCUT2D eigenvalue weighted by Gasteiger charge is 2.27. The SMILES string of the molecule is Cc1ccc(NC(=O)COC(=O)c2cccc(S(=O)(=O)N3CCOCC3)c2)cc1C. The number of benzene rings is 2. The fourth-order valence-electron chi connectivity index (χ4n) is 2.95. The van der Waals surface area contributed by atoms with E-state index in [0.29, 0.717) is 18.9 Å². The number of amides is 1. The maximum atomic E-state index is 12.7. The molecular weight excluding hydrogens is 408 g/mol. The molecule has 0 unspecified atom stereocenters. The van der Waals surface area contributed by atoms with Gasteiger partial charge in [0.05, 0.1) is 23.7 Å². The Balaban J connectivity index is 1.62. The molecule has 0 saturated carbocycles. The molecule has 1 aliphatic rings. The van der Waals surface area contributed by atoms with Gasteiger partial charge in [-0.05, 0) is 55.3 Å². The molecule has 160 valence electrons. The number of aryl methyl sites for hydroxylation is 2.